The van der Waals surface area contributed by atoms with Crippen LogP contribution in [0.5, 0.6) is 0 Å². The molecule has 26 heavy (non-hydrogen) atoms. The van der Waals surface area contributed by atoms with Crippen LogP contribution in [0.15, 0.2) is 30.6 Å². The Labute approximate surface area is 152 Å². The molecule has 2 saturated heterocycles. The predicted octanol–water partition coefficient (Wildman–Crippen LogP) is 0.906. The molecule has 8 heteroatoms. The lowest BCUT2D eigenvalue weighted by Gasteiger charge is -2.37. The van der Waals surface area contributed by atoms with Crippen LogP contribution in [-0.4, -0.2) is 67.4 Å². The quantitative estimate of drug-likeness (QED) is 0.807. The summed E-state index contributed by atoms with van der Waals surface area (Å²) in [5.74, 6) is 1.75. The van der Waals surface area contributed by atoms with E-state index in [-0.39, 0.29) is 0 Å². The molecule has 0 amide bonds. The van der Waals surface area contributed by atoms with Crippen molar-refractivity contribution in [2.75, 3.05) is 67.2 Å². The summed E-state index contributed by atoms with van der Waals surface area (Å²) in [5, 5.41) is 9.02. The lowest BCUT2D eigenvalue weighted by atomic mass is 10.2. The maximum atomic E-state index is 9.02. The fraction of sp³-hybridized carbons (Fsp3) is 0.444. The number of nitrogens with zero attached hydrogens (tertiary/aromatic N) is 7. The van der Waals surface area contributed by atoms with Gasteiger partial charge in [-0.1, -0.05) is 0 Å². The summed E-state index contributed by atoms with van der Waals surface area (Å²) in [6.45, 7) is 6.64. The topological polar surface area (TPSA) is 81.4 Å². The van der Waals surface area contributed by atoms with Crippen LogP contribution >= 0.6 is 0 Å². The second-order valence-corrected chi connectivity index (χ2v) is 6.30. The zero-order chi connectivity index (χ0) is 17.8. The Hall–Kier alpha value is -2.92. The zero-order valence-electron chi connectivity index (χ0n) is 14.6. The Kier molecular flexibility index (Phi) is 4.80. The average molecular weight is 351 g/mol. The van der Waals surface area contributed by atoms with Gasteiger partial charge in [0, 0.05) is 57.3 Å². The van der Waals surface area contributed by atoms with Crippen molar-refractivity contribution in [3.05, 3.63) is 36.3 Å². The van der Waals surface area contributed by atoms with Crippen molar-refractivity contribution in [3.63, 3.8) is 0 Å². The number of hydrogen-bond acceptors (Lipinski definition) is 8. The van der Waals surface area contributed by atoms with Crippen LogP contribution < -0.4 is 14.7 Å². The largest absolute Gasteiger partial charge is 0.378 e. The maximum absolute atomic E-state index is 9.02. The van der Waals surface area contributed by atoms with E-state index in [1.54, 1.807) is 6.20 Å². The molecule has 2 aromatic heterocycles. The summed E-state index contributed by atoms with van der Waals surface area (Å²) in [6.07, 6.45) is 3.53. The molecule has 0 spiro atoms. The molecular weight excluding hydrogens is 330 g/mol. The average Bonchev–Trinajstić information content (AvgIpc) is 2.75. The molecule has 0 aromatic carbocycles. The monoisotopic (exact) mass is 351 g/mol. The minimum atomic E-state index is 0.455. The summed E-state index contributed by atoms with van der Waals surface area (Å²) in [5.41, 5.74) is 1.50. The fourth-order valence-corrected chi connectivity index (χ4v) is 3.30. The molecule has 0 N–H and O–H groups in total. The SMILES string of the molecule is N#Cc1cc(N2CCN(c3ccnc(N4CCOCC4)n3)CC2)ccn1. The van der Waals surface area contributed by atoms with Crippen LogP contribution in [0.3, 0.4) is 0 Å². The van der Waals surface area contributed by atoms with Gasteiger partial charge in [-0.2, -0.15) is 10.2 Å². The van der Waals surface area contributed by atoms with Gasteiger partial charge in [-0.05, 0) is 18.2 Å². The van der Waals surface area contributed by atoms with Gasteiger partial charge >= 0.3 is 0 Å². The van der Waals surface area contributed by atoms with Crippen LogP contribution in [0.2, 0.25) is 0 Å². The van der Waals surface area contributed by atoms with E-state index in [0.717, 1.165) is 69.9 Å². The Bertz CT molecular complexity index is 792. The normalized spacial score (nSPS) is 17.9. The minimum Gasteiger partial charge on any atom is -0.378 e. The van der Waals surface area contributed by atoms with Gasteiger partial charge in [0.15, 0.2) is 0 Å². The molecule has 134 valence electrons. The van der Waals surface area contributed by atoms with E-state index in [9.17, 15) is 0 Å². The molecule has 2 aromatic rings. The second kappa shape index (κ2) is 7.54. The molecule has 0 unspecified atom stereocenters. The van der Waals surface area contributed by atoms with Crippen molar-refractivity contribution in [2.24, 2.45) is 0 Å². The highest BCUT2D eigenvalue weighted by atomic mass is 16.5. The van der Waals surface area contributed by atoms with E-state index < -0.39 is 0 Å². The van der Waals surface area contributed by atoms with Gasteiger partial charge in [0.25, 0.3) is 0 Å². The number of morpholine rings is 1. The van der Waals surface area contributed by atoms with Gasteiger partial charge in [0.2, 0.25) is 5.95 Å². The number of ether oxygens (including phenoxy) is 1. The molecule has 0 saturated carbocycles. The lowest BCUT2D eigenvalue weighted by Crippen LogP contribution is -2.47. The van der Waals surface area contributed by atoms with E-state index in [2.05, 4.69) is 30.7 Å². The van der Waals surface area contributed by atoms with Gasteiger partial charge in [-0.25, -0.2) is 9.97 Å². The highest BCUT2D eigenvalue weighted by molar-refractivity contribution is 5.51. The van der Waals surface area contributed by atoms with Crippen molar-refractivity contribution in [1.29, 1.82) is 5.26 Å². The summed E-state index contributed by atoms with van der Waals surface area (Å²) >= 11 is 0. The summed E-state index contributed by atoms with van der Waals surface area (Å²) in [4.78, 5) is 20.0. The number of rotatable bonds is 3. The Balaban J connectivity index is 1.42. The molecule has 0 atom stereocenters. The molecule has 2 aliphatic heterocycles. The molecule has 8 nitrogen and oxygen atoms in total. The molecule has 0 aliphatic carbocycles. The Morgan fingerprint density at radius 3 is 2.38 bits per heavy atom. The predicted molar refractivity (Wildman–Crippen MR) is 98.4 cm³/mol. The van der Waals surface area contributed by atoms with Gasteiger partial charge in [0.1, 0.15) is 17.6 Å². The van der Waals surface area contributed by atoms with Crippen molar-refractivity contribution < 1.29 is 4.74 Å². The molecule has 2 aliphatic rings. The molecule has 4 heterocycles. The molecule has 0 radical (unpaired) electrons. The summed E-state index contributed by atoms with van der Waals surface area (Å²) in [7, 11) is 0. The standard InChI is InChI=1S/C18H21N7O/c19-14-15-13-16(1-3-20-15)23-5-7-24(8-6-23)17-2-4-21-18(22-17)25-9-11-26-12-10-25/h1-4,13H,5-12H2. The molecular formula is C18H21N7O. The van der Waals surface area contributed by atoms with Crippen LogP contribution in [-0.2, 0) is 4.74 Å². The first-order valence-corrected chi connectivity index (χ1v) is 8.85. The number of hydrogen-bond donors (Lipinski definition) is 0. The third-order valence-corrected chi connectivity index (χ3v) is 4.75. The Morgan fingerprint density at radius 1 is 0.885 bits per heavy atom. The van der Waals surface area contributed by atoms with E-state index in [1.165, 1.54) is 0 Å². The van der Waals surface area contributed by atoms with E-state index in [0.29, 0.717) is 5.69 Å². The smallest absolute Gasteiger partial charge is 0.227 e. The first-order valence-electron chi connectivity index (χ1n) is 8.85. The second-order valence-electron chi connectivity index (χ2n) is 6.30. The number of aromatic nitrogens is 3. The fourth-order valence-electron chi connectivity index (χ4n) is 3.30. The van der Waals surface area contributed by atoms with E-state index in [4.69, 9.17) is 15.0 Å². The molecule has 4 rings (SSSR count). The van der Waals surface area contributed by atoms with E-state index >= 15 is 0 Å². The van der Waals surface area contributed by atoms with Crippen molar-refractivity contribution >= 4 is 17.5 Å². The van der Waals surface area contributed by atoms with Crippen LogP contribution in [0.25, 0.3) is 0 Å². The summed E-state index contributed by atoms with van der Waals surface area (Å²) in [6, 6.07) is 7.87. The van der Waals surface area contributed by atoms with Gasteiger partial charge in [0.05, 0.1) is 13.2 Å². The first kappa shape index (κ1) is 16.5. The first-order chi connectivity index (χ1) is 12.8. The van der Waals surface area contributed by atoms with Gasteiger partial charge in [-0.3, -0.25) is 0 Å². The molecule has 2 fully saturated rings. The summed E-state index contributed by atoms with van der Waals surface area (Å²) < 4.78 is 5.40. The van der Waals surface area contributed by atoms with Crippen LogP contribution in [0, 0.1) is 11.3 Å². The number of anilines is 3. The number of piperazine rings is 1. The number of nitriles is 1. The maximum Gasteiger partial charge on any atom is 0.227 e. The molecule has 0 bridgehead atoms. The van der Waals surface area contributed by atoms with Gasteiger partial charge in [-0.15, -0.1) is 0 Å². The highest BCUT2D eigenvalue weighted by Crippen LogP contribution is 2.21. The van der Waals surface area contributed by atoms with Crippen LogP contribution in [0.1, 0.15) is 5.69 Å². The minimum absolute atomic E-state index is 0.455. The van der Waals surface area contributed by atoms with Crippen molar-refractivity contribution in [1.82, 2.24) is 15.0 Å². The van der Waals surface area contributed by atoms with Crippen LogP contribution in [0.4, 0.5) is 17.5 Å². The van der Waals surface area contributed by atoms with Crippen molar-refractivity contribution in [3.8, 4) is 6.07 Å². The van der Waals surface area contributed by atoms with Crippen molar-refractivity contribution in [2.45, 2.75) is 0 Å². The third-order valence-electron chi connectivity index (χ3n) is 4.75. The highest BCUT2D eigenvalue weighted by Gasteiger charge is 2.20. The van der Waals surface area contributed by atoms with Gasteiger partial charge < -0.3 is 19.4 Å². The zero-order valence-corrected chi connectivity index (χ0v) is 14.6. The Morgan fingerprint density at radius 2 is 1.62 bits per heavy atom. The lowest BCUT2D eigenvalue weighted by molar-refractivity contribution is 0.122. The van der Waals surface area contributed by atoms with E-state index in [1.807, 2.05) is 24.4 Å². The third kappa shape index (κ3) is 3.53. The number of pyridine rings is 1.